The Balaban J connectivity index is 1.59. The average molecular weight is 519 g/mol. The van der Waals surface area contributed by atoms with Crippen LogP contribution in [0.1, 0.15) is 22.3 Å². The molecule has 0 spiro atoms. The van der Waals surface area contributed by atoms with Crippen LogP contribution in [0.2, 0.25) is 0 Å². The number of aryl methyl sites for hydroxylation is 3. The SMILES string of the molecule is Cc1cc(C)c(OCc2ccccc2)c(Pc2c(C)cccc2P(c2ccccc2)c2ccccc2)c1. The van der Waals surface area contributed by atoms with Crippen molar-refractivity contribution in [2.24, 2.45) is 0 Å². The van der Waals surface area contributed by atoms with Gasteiger partial charge in [0.15, 0.2) is 0 Å². The second kappa shape index (κ2) is 11.9. The molecule has 0 fully saturated rings. The van der Waals surface area contributed by atoms with Gasteiger partial charge in [-0.1, -0.05) is 124 Å². The Morgan fingerprint density at radius 2 is 1.22 bits per heavy atom. The zero-order chi connectivity index (χ0) is 25.6. The summed E-state index contributed by atoms with van der Waals surface area (Å²) in [7, 11) is -0.175. The number of hydrogen-bond donors (Lipinski definition) is 0. The summed E-state index contributed by atoms with van der Waals surface area (Å²) >= 11 is 0. The summed E-state index contributed by atoms with van der Waals surface area (Å²) in [5.74, 6) is 1.02. The van der Waals surface area contributed by atoms with Crippen LogP contribution in [0.15, 0.2) is 121 Å². The molecular formula is C34H32OP2. The van der Waals surface area contributed by atoms with Gasteiger partial charge in [-0.2, -0.15) is 0 Å². The van der Waals surface area contributed by atoms with Gasteiger partial charge >= 0.3 is 0 Å². The molecule has 1 unspecified atom stereocenters. The van der Waals surface area contributed by atoms with Crippen molar-refractivity contribution in [3.8, 4) is 5.75 Å². The summed E-state index contributed by atoms with van der Waals surface area (Å²) in [4.78, 5) is 0. The molecule has 0 N–H and O–H groups in total. The van der Waals surface area contributed by atoms with Gasteiger partial charge in [-0.15, -0.1) is 0 Å². The van der Waals surface area contributed by atoms with Gasteiger partial charge in [0.05, 0.1) is 0 Å². The van der Waals surface area contributed by atoms with E-state index in [9.17, 15) is 0 Å². The first kappa shape index (κ1) is 25.4. The third-order valence-electron chi connectivity index (χ3n) is 6.43. The standard InChI is InChI=1S/C34H32OP2/c1-25-22-27(3)33(35-24-28-15-7-4-8-16-28)31(23-25)36-34-26(2)14-13-21-32(34)37(29-17-9-5-10-18-29)30-19-11-6-12-20-30/h4-23,36H,24H2,1-3H3. The molecule has 0 amide bonds. The molecule has 0 saturated heterocycles. The molecule has 0 aromatic heterocycles. The van der Waals surface area contributed by atoms with E-state index < -0.39 is 7.92 Å². The Labute approximate surface area is 224 Å². The Morgan fingerprint density at radius 1 is 0.622 bits per heavy atom. The molecule has 5 aromatic carbocycles. The van der Waals surface area contributed by atoms with E-state index in [1.165, 1.54) is 48.8 Å². The normalized spacial score (nSPS) is 11.4. The number of rotatable bonds is 8. The number of benzene rings is 5. The van der Waals surface area contributed by atoms with Gasteiger partial charge in [0.25, 0.3) is 0 Å². The van der Waals surface area contributed by atoms with Crippen molar-refractivity contribution in [3.63, 3.8) is 0 Å². The molecule has 0 bridgehead atoms. The lowest BCUT2D eigenvalue weighted by molar-refractivity contribution is 0.307. The lowest BCUT2D eigenvalue weighted by atomic mass is 10.1. The molecule has 0 saturated carbocycles. The quantitative estimate of drug-likeness (QED) is 0.211. The van der Waals surface area contributed by atoms with Crippen LogP contribution in [-0.2, 0) is 6.61 Å². The Bertz CT molecular complexity index is 1430. The van der Waals surface area contributed by atoms with Gasteiger partial charge in [-0.25, -0.2) is 0 Å². The Kier molecular flexibility index (Phi) is 8.15. The van der Waals surface area contributed by atoms with Crippen LogP contribution >= 0.6 is 16.5 Å². The molecule has 1 atom stereocenters. The first-order chi connectivity index (χ1) is 18.1. The smallest absolute Gasteiger partial charge is 0.130 e. The van der Waals surface area contributed by atoms with Crippen LogP contribution in [0, 0.1) is 20.8 Å². The van der Waals surface area contributed by atoms with E-state index in [1.54, 1.807) is 0 Å². The van der Waals surface area contributed by atoms with E-state index in [4.69, 9.17) is 4.74 Å². The third kappa shape index (κ3) is 6.02. The van der Waals surface area contributed by atoms with Gasteiger partial charge in [-0.3, -0.25) is 0 Å². The largest absolute Gasteiger partial charge is 0.488 e. The van der Waals surface area contributed by atoms with Crippen LogP contribution in [-0.4, -0.2) is 0 Å². The van der Waals surface area contributed by atoms with E-state index in [0.717, 1.165) is 5.75 Å². The fourth-order valence-corrected chi connectivity index (χ4v) is 9.06. The molecule has 3 heteroatoms. The maximum Gasteiger partial charge on any atom is 0.130 e. The number of hydrogen-bond acceptors (Lipinski definition) is 1. The van der Waals surface area contributed by atoms with Crippen LogP contribution in [0.4, 0.5) is 0 Å². The summed E-state index contributed by atoms with van der Waals surface area (Å²) in [5, 5.41) is 6.89. The summed E-state index contributed by atoms with van der Waals surface area (Å²) in [6.07, 6.45) is 0. The molecule has 5 rings (SSSR count). The van der Waals surface area contributed by atoms with Crippen molar-refractivity contribution in [2.75, 3.05) is 0 Å². The van der Waals surface area contributed by atoms with Crippen molar-refractivity contribution in [1.29, 1.82) is 0 Å². The predicted molar refractivity (Wildman–Crippen MR) is 164 cm³/mol. The zero-order valence-electron chi connectivity index (χ0n) is 21.6. The monoisotopic (exact) mass is 518 g/mol. The molecule has 0 aliphatic heterocycles. The van der Waals surface area contributed by atoms with Crippen molar-refractivity contribution in [2.45, 2.75) is 27.4 Å². The maximum atomic E-state index is 6.50. The van der Waals surface area contributed by atoms with Gasteiger partial charge in [0, 0.05) is 5.30 Å². The summed E-state index contributed by atoms with van der Waals surface area (Å²) in [6, 6.07) is 43.7. The molecule has 1 nitrogen and oxygen atoms in total. The molecule has 0 aliphatic rings. The number of ether oxygens (including phenoxy) is 1. The molecule has 0 radical (unpaired) electrons. The van der Waals surface area contributed by atoms with Crippen molar-refractivity contribution in [1.82, 2.24) is 0 Å². The lowest BCUT2D eigenvalue weighted by Crippen LogP contribution is -2.31. The van der Waals surface area contributed by atoms with E-state index in [2.05, 4.69) is 136 Å². The van der Waals surface area contributed by atoms with E-state index in [0.29, 0.717) is 15.2 Å². The lowest BCUT2D eigenvalue weighted by Gasteiger charge is -2.24. The second-order valence-corrected chi connectivity index (χ2v) is 12.8. The fourth-order valence-electron chi connectivity index (χ4n) is 4.69. The van der Waals surface area contributed by atoms with Crippen LogP contribution in [0.5, 0.6) is 5.75 Å². The minimum atomic E-state index is -0.682. The first-order valence-electron chi connectivity index (χ1n) is 12.6. The van der Waals surface area contributed by atoms with Crippen molar-refractivity contribution in [3.05, 3.63) is 144 Å². The maximum absolute atomic E-state index is 6.50. The molecule has 0 heterocycles. The van der Waals surface area contributed by atoms with Gasteiger partial charge in [-0.05, 0) is 78.2 Å². The molecule has 37 heavy (non-hydrogen) atoms. The highest BCUT2D eigenvalue weighted by Crippen LogP contribution is 2.35. The highest BCUT2D eigenvalue weighted by molar-refractivity contribution is 7.81. The fraction of sp³-hybridized carbons (Fsp3) is 0.118. The summed E-state index contributed by atoms with van der Waals surface area (Å²) < 4.78 is 6.50. The second-order valence-electron chi connectivity index (χ2n) is 9.33. The Morgan fingerprint density at radius 3 is 1.84 bits per heavy atom. The zero-order valence-corrected chi connectivity index (χ0v) is 23.5. The molecule has 184 valence electrons. The van der Waals surface area contributed by atoms with Crippen molar-refractivity contribution >= 4 is 43.0 Å². The molecule has 5 aromatic rings. The van der Waals surface area contributed by atoms with Gasteiger partial charge in [0.1, 0.15) is 12.4 Å². The van der Waals surface area contributed by atoms with Crippen LogP contribution < -0.4 is 31.3 Å². The summed E-state index contributed by atoms with van der Waals surface area (Å²) in [6.45, 7) is 7.18. The molecule has 0 aliphatic carbocycles. The predicted octanol–water partition coefficient (Wildman–Crippen LogP) is 6.58. The van der Waals surface area contributed by atoms with E-state index in [-0.39, 0.29) is 0 Å². The highest BCUT2D eigenvalue weighted by Gasteiger charge is 2.22. The average Bonchev–Trinajstić information content (AvgIpc) is 2.92. The third-order valence-corrected chi connectivity index (χ3v) is 10.7. The van der Waals surface area contributed by atoms with E-state index in [1.807, 2.05) is 6.07 Å². The van der Waals surface area contributed by atoms with Gasteiger partial charge < -0.3 is 4.74 Å². The highest BCUT2D eigenvalue weighted by atomic mass is 31.1. The minimum Gasteiger partial charge on any atom is -0.488 e. The van der Waals surface area contributed by atoms with Crippen LogP contribution in [0.3, 0.4) is 0 Å². The van der Waals surface area contributed by atoms with E-state index >= 15 is 0 Å². The van der Waals surface area contributed by atoms with Crippen molar-refractivity contribution < 1.29 is 4.74 Å². The summed E-state index contributed by atoms with van der Waals surface area (Å²) in [5.41, 5.74) is 4.99. The van der Waals surface area contributed by atoms with Gasteiger partial charge in [0.2, 0.25) is 0 Å². The first-order valence-corrected chi connectivity index (χ1v) is 15.0. The minimum absolute atomic E-state index is 0.507. The topological polar surface area (TPSA) is 9.23 Å². The van der Waals surface area contributed by atoms with Crippen LogP contribution in [0.25, 0.3) is 0 Å². The molecular weight excluding hydrogens is 486 g/mol. The Hall–Kier alpha value is -3.24.